The van der Waals surface area contributed by atoms with E-state index >= 15 is 0 Å². The molecule has 0 aliphatic rings. The molecule has 0 heterocycles. The Kier molecular flexibility index (Phi) is 5.79. The highest BCUT2D eigenvalue weighted by molar-refractivity contribution is 7.89. The van der Waals surface area contributed by atoms with Gasteiger partial charge in [0.1, 0.15) is 11.5 Å². The Morgan fingerprint density at radius 1 is 1.08 bits per heavy atom. The van der Waals surface area contributed by atoms with Gasteiger partial charge in [-0.1, -0.05) is 6.07 Å². The largest absolute Gasteiger partial charge is 0.497 e. The van der Waals surface area contributed by atoms with E-state index in [0.29, 0.717) is 23.5 Å². The summed E-state index contributed by atoms with van der Waals surface area (Å²) in [4.78, 5) is 0.0739. The van der Waals surface area contributed by atoms with E-state index in [-0.39, 0.29) is 11.4 Å². The number of hydrogen-bond acceptors (Lipinski definition) is 5. The van der Waals surface area contributed by atoms with E-state index in [9.17, 15) is 8.42 Å². The van der Waals surface area contributed by atoms with Crippen LogP contribution in [0.5, 0.6) is 11.5 Å². The van der Waals surface area contributed by atoms with Crippen LogP contribution in [-0.4, -0.2) is 29.2 Å². The standard InChI is InChI=1S/C17H18N2O4S/c1-22-15-8-13(9-16(11-15)23-2)6-7-19-24(20,21)17-5-3-4-14(10-17)12-18/h3-5,8-11,19H,6-7H2,1-2H3. The Hall–Kier alpha value is -2.56. The van der Waals surface area contributed by atoms with E-state index in [2.05, 4.69) is 4.72 Å². The molecule has 0 amide bonds. The van der Waals surface area contributed by atoms with Gasteiger partial charge in [-0.15, -0.1) is 0 Å². The van der Waals surface area contributed by atoms with Gasteiger partial charge in [-0.05, 0) is 42.3 Å². The monoisotopic (exact) mass is 346 g/mol. The van der Waals surface area contributed by atoms with Crippen molar-refractivity contribution in [1.29, 1.82) is 5.26 Å². The molecule has 2 aromatic rings. The highest BCUT2D eigenvalue weighted by atomic mass is 32.2. The molecular weight excluding hydrogens is 328 g/mol. The molecule has 1 N–H and O–H groups in total. The molecule has 0 fully saturated rings. The van der Waals surface area contributed by atoms with Gasteiger partial charge in [0, 0.05) is 12.6 Å². The second-order valence-corrected chi connectivity index (χ2v) is 6.78. The molecule has 0 radical (unpaired) electrons. The first-order chi connectivity index (χ1) is 11.5. The van der Waals surface area contributed by atoms with Gasteiger partial charge in [-0.25, -0.2) is 13.1 Å². The van der Waals surface area contributed by atoms with E-state index in [4.69, 9.17) is 14.7 Å². The van der Waals surface area contributed by atoms with Crippen molar-refractivity contribution >= 4 is 10.0 Å². The zero-order valence-electron chi connectivity index (χ0n) is 13.4. The summed E-state index contributed by atoms with van der Waals surface area (Å²) >= 11 is 0. The van der Waals surface area contributed by atoms with E-state index in [1.165, 1.54) is 12.1 Å². The van der Waals surface area contributed by atoms with Gasteiger partial charge in [0.15, 0.2) is 0 Å². The fourth-order valence-corrected chi connectivity index (χ4v) is 3.23. The van der Waals surface area contributed by atoms with Crippen LogP contribution in [0.2, 0.25) is 0 Å². The quantitative estimate of drug-likeness (QED) is 0.829. The van der Waals surface area contributed by atoms with Crippen LogP contribution in [0, 0.1) is 11.3 Å². The zero-order valence-corrected chi connectivity index (χ0v) is 14.3. The summed E-state index contributed by atoms with van der Waals surface area (Å²) in [5.74, 6) is 1.29. The number of nitriles is 1. The van der Waals surface area contributed by atoms with Crippen molar-refractivity contribution < 1.29 is 17.9 Å². The van der Waals surface area contributed by atoms with Crippen LogP contribution in [-0.2, 0) is 16.4 Å². The average molecular weight is 346 g/mol. The summed E-state index contributed by atoms with van der Waals surface area (Å²) in [6.45, 7) is 0.218. The molecule has 0 unspecified atom stereocenters. The number of rotatable bonds is 7. The smallest absolute Gasteiger partial charge is 0.240 e. The van der Waals surface area contributed by atoms with Crippen LogP contribution in [0.25, 0.3) is 0 Å². The molecule has 2 aromatic carbocycles. The number of methoxy groups -OCH3 is 2. The minimum atomic E-state index is -3.66. The molecule has 0 saturated heterocycles. The molecule has 0 atom stereocenters. The molecule has 0 saturated carbocycles. The van der Waals surface area contributed by atoms with Crippen molar-refractivity contribution in [1.82, 2.24) is 4.72 Å². The first-order valence-electron chi connectivity index (χ1n) is 7.20. The number of sulfonamides is 1. The van der Waals surface area contributed by atoms with Crippen LogP contribution in [0.1, 0.15) is 11.1 Å². The highest BCUT2D eigenvalue weighted by Gasteiger charge is 2.14. The van der Waals surface area contributed by atoms with Crippen LogP contribution in [0.3, 0.4) is 0 Å². The molecule has 0 aromatic heterocycles. The number of benzene rings is 2. The average Bonchev–Trinajstić information content (AvgIpc) is 2.61. The molecule has 24 heavy (non-hydrogen) atoms. The zero-order chi connectivity index (χ0) is 17.6. The second-order valence-electron chi connectivity index (χ2n) is 5.01. The molecule has 7 heteroatoms. The van der Waals surface area contributed by atoms with Gasteiger partial charge in [0.2, 0.25) is 10.0 Å². The third-order valence-corrected chi connectivity index (χ3v) is 4.85. The lowest BCUT2D eigenvalue weighted by Gasteiger charge is -2.10. The van der Waals surface area contributed by atoms with Crippen molar-refractivity contribution in [2.24, 2.45) is 0 Å². The van der Waals surface area contributed by atoms with Gasteiger partial charge in [0.25, 0.3) is 0 Å². The summed E-state index contributed by atoms with van der Waals surface area (Å²) in [5.41, 5.74) is 1.19. The van der Waals surface area contributed by atoms with Crippen LogP contribution < -0.4 is 14.2 Å². The van der Waals surface area contributed by atoms with Gasteiger partial charge in [-0.3, -0.25) is 0 Å². The normalized spacial score (nSPS) is 10.9. The lowest BCUT2D eigenvalue weighted by atomic mass is 10.1. The van der Waals surface area contributed by atoms with Crippen molar-refractivity contribution in [2.45, 2.75) is 11.3 Å². The SMILES string of the molecule is COc1cc(CCNS(=O)(=O)c2cccc(C#N)c2)cc(OC)c1. The Labute approximate surface area is 141 Å². The summed E-state index contributed by atoms with van der Waals surface area (Å²) in [6, 6.07) is 13.2. The highest BCUT2D eigenvalue weighted by Crippen LogP contribution is 2.22. The van der Waals surface area contributed by atoms with E-state index < -0.39 is 10.0 Å². The molecule has 0 aliphatic carbocycles. The Morgan fingerprint density at radius 3 is 2.33 bits per heavy atom. The summed E-state index contributed by atoms with van der Waals surface area (Å²) in [7, 11) is -0.540. The lowest BCUT2D eigenvalue weighted by Crippen LogP contribution is -2.26. The lowest BCUT2D eigenvalue weighted by molar-refractivity contribution is 0.393. The maximum absolute atomic E-state index is 12.3. The number of ether oxygens (including phenoxy) is 2. The molecule has 0 bridgehead atoms. The van der Waals surface area contributed by atoms with Gasteiger partial charge in [-0.2, -0.15) is 5.26 Å². The van der Waals surface area contributed by atoms with E-state index in [1.807, 2.05) is 18.2 Å². The van der Waals surface area contributed by atoms with E-state index in [0.717, 1.165) is 5.56 Å². The first-order valence-corrected chi connectivity index (χ1v) is 8.68. The molecule has 6 nitrogen and oxygen atoms in total. The maximum atomic E-state index is 12.3. The number of nitrogens with one attached hydrogen (secondary N) is 1. The van der Waals surface area contributed by atoms with E-state index in [1.54, 1.807) is 32.4 Å². The molecule has 0 aliphatic heterocycles. The van der Waals surface area contributed by atoms with Gasteiger partial charge < -0.3 is 9.47 Å². The second kappa shape index (κ2) is 7.81. The van der Waals surface area contributed by atoms with Gasteiger partial charge in [0.05, 0.1) is 30.7 Å². The Bertz CT molecular complexity index is 835. The number of nitrogens with zero attached hydrogens (tertiary/aromatic N) is 1. The third kappa shape index (κ3) is 4.47. The predicted molar refractivity (Wildman–Crippen MR) is 89.6 cm³/mol. The van der Waals surface area contributed by atoms with Crippen molar-refractivity contribution in [2.75, 3.05) is 20.8 Å². The minimum Gasteiger partial charge on any atom is -0.497 e. The Balaban J connectivity index is 2.07. The predicted octanol–water partition coefficient (Wildman–Crippen LogP) is 2.10. The maximum Gasteiger partial charge on any atom is 0.240 e. The first kappa shape index (κ1) is 17.8. The molecule has 126 valence electrons. The Morgan fingerprint density at radius 2 is 1.75 bits per heavy atom. The van der Waals surface area contributed by atoms with Crippen molar-refractivity contribution in [3.63, 3.8) is 0 Å². The van der Waals surface area contributed by atoms with Crippen LogP contribution >= 0.6 is 0 Å². The summed E-state index contributed by atoms with van der Waals surface area (Å²) in [5, 5.41) is 8.86. The van der Waals surface area contributed by atoms with Crippen molar-refractivity contribution in [3.05, 3.63) is 53.6 Å². The number of hydrogen-bond donors (Lipinski definition) is 1. The summed E-state index contributed by atoms with van der Waals surface area (Å²) in [6.07, 6.45) is 0.477. The van der Waals surface area contributed by atoms with Crippen LogP contribution in [0.15, 0.2) is 47.4 Å². The summed E-state index contributed by atoms with van der Waals surface area (Å²) < 4.78 is 37.4. The minimum absolute atomic E-state index is 0.0739. The topological polar surface area (TPSA) is 88.4 Å². The van der Waals surface area contributed by atoms with Crippen molar-refractivity contribution in [3.8, 4) is 17.6 Å². The third-order valence-electron chi connectivity index (χ3n) is 3.39. The molecular formula is C17H18N2O4S. The molecule has 2 rings (SSSR count). The van der Waals surface area contributed by atoms with Gasteiger partial charge >= 0.3 is 0 Å². The van der Waals surface area contributed by atoms with Crippen LogP contribution in [0.4, 0.5) is 0 Å². The fourth-order valence-electron chi connectivity index (χ4n) is 2.16. The molecule has 0 spiro atoms. The fraction of sp³-hybridized carbons (Fsp3) is 0.235.